The number of hydrogen-bond donors (Lipinski definition) is 1. The molecule has 0 aliphatic heterocycles. The monoisotopic (exact) mass is 467 g/mol. The van der Waals surface area contributed by atoms with E-state index in [1.807, 2.05) is 6.07 Å². The summed E-state index contributed by atoms with van der Waals surface area (Å²) in [6, 6.07) is 5.83. The number of nitrogens with zero attached hydrogens (tertiary/aromatic N) is 4. The molecule has 3 aromatic rings. The summed E-state index contributed by atoms with van der Waals surface area (Å²) >= 11 is 0. The molecule has 0 radical (unpaired) electrons. The fourth-order valence-electron chi connectivity index (χ4n) is 3.86. The Bertz CT molecular complexity index is 1200. The molecular weight excluding hydrogens is 447 g/mol. The number of nitrogens with one attached hydrogen (secondary N) is 1. The Kier molecular flexibility index (Phi) is 5.80. The van der Waals surface area contributed by atoms with Gasteiger partial charge in [-0.15, -0.1) is 0 Å². The van der Waals surface area contributed by atoms with E-state index in [1.54, 1.807) is 17.9 Å². The van der Waals surface area contributed by atoms with Crippen molar-refractivity contribution < 1.29 is 26.3 Å². The van der Waals surface area contributed by atoms with Crippen molar-refractivity contribution in [2.75, 3.05) is 4.72 Å². The van der Waals surface area contributed by atoms with Crippen LogP contribution >= 0.6 is 0 Å². The summed E-state index contributed by atoms with van der Waals surface area (Å²) in [6.07, 6.45) is 0.931. The molecule has 1 N–H and O–H groups in total. The summed E-state index contributed by atoms with van der Waals surface area (Å²) in [7, 11) is -2.53. The molecule has 1 aromatic carbocycles. The van der Waals surface area contributed by atoms with E-state index in [0.29, 0.717) is 12.5 Å². The van der Waals surface area contributed by atoms with Crippen molar-refractivity contribution >= 4 is 15.8 Å². The smallest absolute Gasteiger partial charge is 0.420 e. The third kappa shape index (κ3) is 4.54. The van der Waals surface area contributed by atoms with E-state index in [0.717, 1.165) is 37.0 Å². The molecule has 170 valence electrons. The number of sulfonamides is 1. The molecular formula is C20H20F3N5O3S. The molecule has 1 aliphatic rings. The van der Waals surface area contributed by atoms with Gasteiger partial charge in [0, 0.05) is 31.1 Å². The Labute approximate surface area is 182 Å². The third-order valence-electron chi connectivity index (χ3n) is 5.36. The minimum atomic E-state index is -4.81. The predicted octanol–water partition coefficient (Wildman–Crippen LogP) is 3.74. The molecule has 32 heavy (non-hydrogen) atoms. The first-order chi connectivity index (χ1) is 15.1. The predicted molar refractivity (Wildman–Crippen MR) is 109 cm³/mol. The lowest BCUT2D eigenvalue weighted by molar-refractivity contribution is -0.139. The van der Waals surface area contributed by atoms with Gasteiger partial charge in [-0.25, -0.2) is 18.4 Å². The molecule has 0 amide bonds. The zero-order chi connectivity index (χ0) is 22.9. The Morgan fingerprint density at radius 2 is 1.97 bits per heavy atom. The lowest BCUT2D eigenvalue weighted by Crippen LogP contribution is -2.24. The molecule has 2 atom stereocenters. The highest BCUT2D eigenvalue weighted by molar-refractivity contribution is 7.92. The largest absolute Gasteiger partial charge is 0.489 e. The summed E-state index contributed by atoms with van der Waals surface area (Å²) in [5, 5.41) is 4.13. The van der Waals surface area contributed by atoms with E-state index in [2.05, 4.69) is 19.8 Å². The van der Waals surface area contributed by atoms with Crippen LogP contribution in [0.5, 0.6) is 5.75 Å². The van der Waals surface area contributed by atoms with Gasteiger partial charge in [-0.05, 0) is 49.6 Å². The number of anilines is 1. The molecule has 1 aliphatic carbocycles. The number of aryl methyl sites for hydroxylation is 1. The van der Waals surface area contributed by atoms with Crippen molar-refractivity contribution in [1.29, 1.82) is 0 Å². The van der Waals surface area contributed by atoms with Crippen LogP contribution in [0.1, 0.15) is 36.4 Å². The van der Waals surface area contributed by atoms with Crippen LogP contribution in [0, 0.1) is 0 Å². The number of ether oxygens (including phenoxy) is 1. The summed E-state index contributed by atoms with van der Waals surface area (Å²) in [5.41, 5.74) is -0.270. The quantitative estimate of drug-likeness (QED) is 0.593. The van der Waals surface area contributed by atoms with Crippen molar-refractivity contribution in [1.82, 2.24) is 19.7 Å². The van der Waals surface area contributed by atoms with Crippen LogP contribution in [0.3, 0.4) is 0 Å². The fraction of sp³-hybridized carbons (Fsp3) is 0.350. The number of benzene rings is 1. The third-order valence-corrected chi connectivity index (χ3v) is 6.71. The van der Waals surface area contributed by atoms with Crippen LogP contribution in [0.15, 0.2) is 53.9 Å². The second kappa shape index (κ2) is 8.41. The first-order valence-electron chi connectivity index (χ1n) is 9.80. The second-order valence-corrected chi connectivity index (χ2v) is 9.11. The molecule has 2 aromatic heterocycles. The van der Waals surface area contributed by atoms with Gasteiger partial charge in [0.05, 0.1) is 10.5 Å². The average molecular weight is 467 g/mol. The molecule has 1 saturated carbocycles. The van der Waals surface area contributed by atoms with Crippen molar-refractivity contribution in [2.45, 2.75) is 42.4 Å². The van der Waals surface area contributed by atoms with Gasteiger partial charge in [0.25, 0.3) is 10.0 Å². The van der Waals surface area contributed by atoms with Crippen molar-refractivity contribution in [2.24, 2.45) is 7.05 Å². The maximum Gasteiger partial charge on any atom is 0.420 e. The van der Waals surface area contributed by atoms with Gasteiger partial charge >= 0.3 is 6.18 Å². The summed E-state index contributed by atoms with van der Waals surface area (Å²) in [4.78, 5) is 6.85. The summed E-state index contributed by atoms with van der Waals surface area (Å²) in [5.74, 6) is -0.567. The topological polar surface area (TPSA) is 99.0 Å². The van der Waals surface area contributed by atoms with Gasteiger partial charge in [-0.2, -0.15) is 18.3 Å². The van der Waals surface area contributed by atoms with E-state index in [-0.39, 0.29) is 11.7 Å². The van der Waals surface area contributed by atoms with Crippen molar-refractivity contribution in [3.05, 3.63) is 60.3 Å². The fourth-order valence-corrected chi connectivity index (χ4v) is 4.90. The van der Waals surface area contributed by atoms with Gasteiger partial charge in [-0.3, -0.25) is 9.40 Å². The highest BCUT2D eigenvalue weighted by Crippen LogP contribution is 2.42. The van der Waals surface area contributed by atoms with Crippen LogP contribution in [0.2, 0.25) is 0 Å². The molecule has 4 rings (SSSR count). The first-order valence-corrected chi connectivity index (χ1v) is 11.3. The van der Waals surface area contributed by atoms with Crippen molar-refractivity contribution in [3.8, 4) is 5.75 Å². The maximum atomic E-state index is 13.8. The normalized spacial score (nSPS) is 19.1. The molecule has 2 heterocycles. The van der Waals surface area contributed by atoms with E-state index in [9.17, 15) is 21.6 Å². The minimum absolute atomic E-state index is 0.0566. The first kappa shape index (κ1) is 22.1. The van der Waals surface area contributed by atoms with E-state index >= 15 is 0 Å². The van der Waals surface area contributed by atoms with Crippen LogP contribution in [-0.4, -0.2) is 34.3 Å². The number of hydrogen-bond acceptors (Lipinski definition) is 6. The molecule has 0 bridgehead atoms. The Morgan fingerprint density at radius 1 is 1.16 bits per heavy atom. The zero-order valence-corrected chi connectivity index (χ0v) is 17.8. The number of halogens is 3. The lowest BCUT2D eigenvalue weighted by atomic mass is 10.0. The highest BCUT2D eigenvalue weighted by atomic mass is 32.2. The number of aromatic nitrogens is 4. The van der Waals surface area contributed by atoms with Gasteiger partial charge in [-0.1, -0.05) is 0 Å². The molecule has 2 unspecified atom stereocenters. The van der Waals surface area contributed by atoms with Gasteiger partial charge in [0.15, 0.2) is 0 Å². The molecule has 1 fully saturated rings. The Balaban J connectivity index is 1.64. The van der Waals surface area contributed by atoms with Crippen LogP contribution < -0.4 is 9.46 Å². The number of alkyl halides is 3. The maximum absolute atomic E-state index is 13.8. The zero-order valence-electron chi connectivity index (χ0n) is 17.0. The summed E-state index contributed by atoms with van der Waals surface area (Å²) < 4.78 is 76.3. The standard InChI is InChI=1S/C20H20F3N5O3S/c1-28-16(7-10-26-28)14-3-2-4-17(14)31-18-6-5-13(11-15(18)20(21,22)23)32(29,30)27-19-8-9-24-12-25-19/h5-12,14,17H,2-4H2,1H3,(H,24,25,27). The van der Waals surface area contributed by atoms with Crippen LogP contribution in [0.25, 0.3) is 0 Å². The molecule has 0 saturated heterocycles. The average Bonchev–Trinajstić information content (AvgIpc) is 3.36. The van der Waals surface area contributed by atoms with E-state index in [4.69, 9.17) is 4.74 Å². The van der Waals surface area contributed by atoms with Crippen molar-refractivity contribution in [3.63, 3.8) is 0 Å². The number of rotatable bonds is 6. The molecule has 8 nitrogen and oxygen atoms in total. The van der Waals surface area contributed by atoms with E-state index in [1.165, 1.54) is 12.3 Å². The highest BCUT2D eigenvalue weighted by Gasteiger charge is 2.39. The van der Waals surface area contributed by atoms with Crippen LogP contribution in [0.4, 0.5) is 19.0 Å². The molecule has 0 spiro atoms. The van der Waals surface area contributed by atoms with E-state index < -0.39 is 38.5 Å². The van der Waals surface area contributed by atoms with Gasteiger partial charge in [0.1, 0.15) is 24.0 Å². The van der Waals surface area contributed by atoms with Crippen LogP contribution in [-0.2, 0) is 23.2 Å². The van der Waals surface area contributed by atoms with Gasteiger partial charge in [0.2, 0.25) is 0 Å². The summed E-state index contributed by atoms with van der Waals surface area (Å²) in [6.45, 7) is 0. The molecule has 12 heteroatoms. The SMILES string of the molecule is Cn1nccc1C1CCCC1Oc1ccc(S(=O)(=O)Nc2ccncn2)cc1C(F)(F)F. The second-order valence-electron chi connectivity index (χ2n) is 7.43. The Hall–Kier alpha value is -3.15. The minimum Gasteiger partial charge on any atom is -0.489 e. The Morgan fingerprint density at radius 3 is 2.62 bits per heavy atom. The van der Waals surface area contributed by atoms with Gasteiger partial charge < -0.3 is 4.74 Å². The lowest BCUT2D eigenvalue weighted by Gasteiger charge is -2.24.